The molecule has 0 aromatic rings. The SMILES string of the molecule is CC(=O)OC1=CC[C@H]2[C@@H]3CC=C4C[C@H](O)CC[C@]4(C)[C@H]3CC[C@]12C. The lowest BCUT2D eigenvalue weighted by atomic mass is 9.48. The van der Waals surface area contributed by atoms with Crippen molar-refractivity contribution < 1.29 is 14.6 Å². The van der Waals surface area contributed by atoms with Gasteiger partial charge in [-0.15, -0.1) is 0 Å². The first-order chi connectivity index (χ1) is 11.3. The van der Waals surface area contributed by atoms with E-state index in [4.69, 9.17) is 4.74 Å². The zero-order chi connectivity index (χ0) is 17.1. The molecule has 6 atom stereocenters. The lowest BCUT2D eigenvalue weighted by Gasteiger charge is -2.57. The summed E-state index contributed by atoms with van der Waals surface area (Å²) in [6.07, 6.45) is 11.9. The standard InChI is InChI=1S/C21H30O3/c1-13(22)24-19-7-6-17-16-5-4-14-12-15(23)8-10-20(14,2)18(16)9-11-21(17,19)3/h4,7,15-18,23H,5-6,8-12H2,1-3H3/t15-,16+,17+,18+,20+,21+/m1/s1. The molecule has 0 aromatic carbocycles. The van der Waals surface area contributed by atoms with Crippen molar-refractivity contribution in [3.05, 3.63) is 23.5 Å². The van der Waals surface area contributed by atoms with Gasteiger partial charge in [0.05, 0.1) is 6.10 Å². The Kier molecular flexibility index (Phi) is 3.72. The molecule has 0 aliphatic heterocycles. The Morgan fingerprint density at radius 1 is 1.12 bits per heavy atom. The Morgan fingerprint density at radius 2 is 1.88 bits per heavy atom. The van der Waals surface area contributed by atoms with Crippen molar-refractivity contribution >= 4 is 5.97 Å². The highest BCUT2D eigenvalue weighted by Gasteiger charge is 2.57. The summed E-state index contributed by atoms with van der Waals surface area (Å²) in [5.74, 6) is 2.72. The molecule has 0 saturated heterocycles. The summed E-state index contributed by atoms with van der Waals surface area (Å²) in [6.45, 7) is 6.26. The minimum Gasteiger partial charge on any atom is -0.431 e. The number of fused-ring (bicyclic) bond motifs is 5. The number of hydrogen-bond acceptors (Lipinski definition) is 3. The molecule has 3 heteroatoms. The average molecular weight is 330 g/mol. The third-order valence-corrected chi connectivity index (χ3v) is 7.84. The van der Waals surface area contributed by atoms with Crippen LogP contribution in [-0.2, 0) is 9.53 Å². The van der Waals surface area contributed by atoms with Gasteiger partial charge in [0, 0.05) is 12.3 Å². The van der Waals surface area contributed by atoms with Crippen LogP contribution in [0.4, 0.5) is 0 Å². The lowest BCUT2D eigenvalue weighted by molar-refractivity contribution is -0.140. The summed E-state index contributed by atoms with van der Waals surface area (Å²) in [4.78, 5) is 11.5. The van der Waals surface area contributed by atoms with Crippen molar-refractivity contribution in [3.63, 3.8) is 0 Å². The van der Waals surface area contributed by atoms with Gasteiger partial charge in [0.15, 0.2) is 0 Å². The number of allylic oxidation sites excluding steroid dienone is 3. The van der Waals surface area contributed by atoms with Gasteiger partial charge in [-0.05, 0) is 74.2 Å². The number of aliphatic hydroxyl groups is 1. The van der Waals surface area contributed by atoms with Crippen LogP contribution in [0.2, 0.25) is 0 Å². The minimum absolute atomic E-state index is 0.0305. The molecular formula is C21H30O3. The van der Waals surface area contributed by atoms with Crippen molar-refractivity contribution in [3.8, 4) is 0 Å². The predicted octanol–water partition coefficient (Wildman–Crippen LogP) is 4.37. The molecule has 2 saturated carbocycles. The van der Waals surface area contributed by atoms with Crippen LogP contribution < -0.4 is 0 Å². The van der Waals surface area contributed by atoms with Gasteiger partial charge in [0.2, 0.25) is 0 Å². The Morgan fingerprint density at radius 3 is 2.62 bits per heavy atom. The molecule has 24 heavy (non-hydrogen) atoms. The molecule has 0 radical (unpaired) electrons. The molecule has 0 bridgehead atoms. The van der Waals surface area contributed by atoms with Crippen LogP contribution in [0.3, 0.4) is 0 Å². The number of ether oxygens (including phenoxy) is 1. The van der Waals surface area contributed by atoms with E-state index in [-0.39, 0.29) is 22.9 Å². The highest BCUT2D eigenvalue weighted by molar-refractivity contribution is 5.67. The molecule has 0 aromatic heterocycles. The molecule has 4 rings (SSSR count). The normalized spacial score (nSPS) is 47.0. The van der Waals surface area contributed by atoms with Gasteiger partial charge in [-0.25, -0.2) is 0 Å². The van der Waals surface area contributed by atoms with Gasteiger partial charge < -0.3 is 9.84 Å². The van der Waals surface area contributed by atoms with Crippen molar-refractivity contribution in [2.75, 3.05) is 0 Å². The van der Waals surface area contributed by atoms with Crippen molar-refractivity contribution in [1.29, 1.82) is 0 Å². The van der Waals surface area contributed by atoms with Gasteiger partial charge >= 0.3 is 5.97 Å². The first-order valence-corrected chi connectivity index (χ1v) is 9.61. The van der Waals surface area contributed by atoms with Crippen LogP contribution in [0.25, 0.3) is 0 Å². The zero-order valence-corrected chi connectivity index (χ0v) is 15.2. The number of hydrogen-bond donors (Lipinski definition) is 1. The highest BCUT2D eigenvalue weighted by atomic mass is 16.5. The summed E-state index contributed by atoms with van der Waals surface area (Å²) in [7, 11) is 0. The second kappa shape index (κ2) is 5.45. The van der Waals surface area contributed by atoms with Crippen molar-refractivity contribution in [1.82, 2.24) is 0 Å². The van der Waals surface area contributed by atoms with E-state index in [1.807, 2.05) is 0 Å². The molecule has 0 unspecified atom stereocenters. The third-order valence-electron chi connectivity index (χ3n) is 7.84. The fourth-order valence-corrected chi connectivity index (χ4v) is 6.48. The van der Waals surface area contributed by atoms with Crippen LogP contribution >= 0.6 is 0 Å². The summed E-state index contributed by atoms with van der Waals surface area (Å²) < 4.78 is 5.58. The Bertz CT molecular complexity index is 619. The fourth-order valence-electron chi connectivity index (χ4n) is 6.48. The van der Waals surface area contributed by atoms with Crippen molar-refractivity contribution in [2.45, 2.75) is 71.8 Å². The predicted molar refractivity (Wildman–Crippen MR) is 92.9 cm³/mol. The van der Waals surface area contributed by atoms with E-state index in [2.05, 4.69) is 26.0 Å². The first-order valence-electron chi connectivity index (χ1n) is 9.61. The molecule has 132 valence electrons. The fraction of sp³-hybridized carbons (Fsp3) is 0.762. The van der Waals surface area contributed by atoms with Crippen LogP contribution in [0, 0.1) is 28.6 Å². The smallest absolute Gasteiger partial charge is 0.307 e. The van der Waals surface area contributed by atoms with Gasteiger partial charge in [0.25, 0.3) is 0 Å². The second-order valence-corrected chi connectivity index (χ2v) is 9.01. The van der Waals surface area contributed by atoms with Gasteiger partial charge in [-0.3, -0.25) is 4.79 Å². The molecular weight excluding hydrogens is 300 g/mol. The van der Waals surface area contributed by atoms with Gasteiger partial charge in [-0.1, -0.05) is 25.5 Å². The van der Waals surface area contributed by atoms with Crippen LogP contribution in [-0.4, -0.2) is 17.2 Å². The van der Waals surface area contributed by atoms with E-state index in [9.17, 15) is 9.90 Å². The molecule has 4 aliphatic rings. The topological polar surface area (TPSA) is 46.5 Å². The maximum atomic E-state index is 11.5. The quantitative estimate of drug-likeness (QED) is 0.574. The Labute approximate surface area is 145 Å². The zero-order valence-electron chi connectivity index (χ0n) is 15.2. The molecule has 0 amide bonds. The van der Waals surface area contributed by atoms with Gasteiger partial charge in [-0.2, -0.15) is 0 Å². The highest BCUT2D eigenvalue weighted by Crippen LogP contribution is 2.64. The molecule has 1 N–H and O–H groups in total. The van der Waals surface area contributed by atoms with Crippen molar-refractivity contribution in [2.24, 2.45) is 28.6 Å². The monoisotopic (exact) mass is 330 g/mol. The summed E-state index contributed by atoms with van der Waals surface area (Å²) >= 11 is 0. The summed E-state index contributed by atoms with van der Waals surface area (Å²) in [5, 5.41) is 10.1. The Balaban J connectivity index is 1.62. The number of carbonyl (C=O) groups excluding carboxylic acids is 1. The van der Waals surface area contributed by atoms with E-state index in [0.717, 1.165) is 44.3 Å². The molecule has 4 aliphatic carbocycles. The second-order valence-electron chi connectivity index (χ2n) is 9.01. The van der Waals surface area contributed by atoms with Crippen LogP contribution in [0.5, 0.6) is 0 Å². The summed E-state index contributed by atoms with van der Waals surface area (Å²) in [5.41, 5.74) is 1.81. The number of rotatable bonds is 1. The average Bonchev–Trinajstić information content (AvgIpc) is 2.84. The molecule has 2 fully saturated rings. The first kappa shape index (κ1) is 16.4. The maximum Gasteiger partial charge on any atom is 0.307 e. The third kappa shape index (κ3) is 2.23. The lowest BCUT2D eigenvalue weighted by Crippen LogP contribution is -2.50. The van der Waals surface area contributed by atoms with E-state index >= 15 is 0 Å². The van der Waals surface area contributed by atoms with Crippen LogP contribution in [0.1, 0.15) is 65.7 Å². The largest absolute Gasteiger partial charge is 0.431 e. The molecule has 3 nitrogen and oxygen atoms in total. The molecule has 0 spiro atoms. The molecule has 0 heterocycles. The maximum absolute atomic E-state index is 11.5. The number of carbonyl (C=O) groups is 1. The van der Waals surface area contributed by atoms with E-state index in [1.54, 1.807) is 0 Å². The van der Waals surface area contributed by atoms with E-state index in [1.165, 1.54) is 18.9 Å². The number of aliphatic hydroxyl groups excluding tert-OH is 1. The van der Waals surface area contributed by atoms with Crippen LogP contribution in [0.15, 0.2) is 23.5 Å². The Hall–Kier alpha value is -1.09. The summed E-state index contributed by atoms with van der Waals surface area (Å²) in [6, 6.07) is 0. The van der Waals surface area contributed by atoms with E-state index in [0.29, 0.717) is 17.8 Å². The minimum atomic E-state index is -0.190. The van der Waals surface area contributed by atoms with Gasteiger partial charge in [0.1, 0.15) is 5.76 Å². The number of esters is 1. The van der Waals surface area contributed by atoms with E-state index < -0.39 is 0 Å².